The fraction of sp³-hybridized carbons (Fsp3) is 0.250. The molecule has 0 radical (unpaired) electrons. The molecule has 174 valence electrons. The maximum absolute atomic E-state index is 12.5. The molecule has 6 nitrogen and oxygen atoms in total. The normalized spacial score (nSPS) is 11.0. The topological polar surface area (TPSA) is 71.3 Å². The monoisotopic (exact) mass is 454 g/mol. The Kier molecular flexibility index (Phi) is 7.83. The number of hydrogen-bond donors (Lipinski definition) is 1. The van der Waals surface area contributed by atoms with Crippen LogP contribution in [0.2, 0.25) is 0 Å². The molecule has 6 heteroatoms. The van der Waals surface area contributed by atoms with Crippen LogP contribution in [0.4, 0.5) is 0 Å². The van der Waals surface area contributed by atoms with Gasteiger partial charge in [0.25, 0.3) is 5.91 Å². The fourth-order valence-corrected chi connectivity index (χ4v) is 3.84. The van der Waals surface area contributed by atoms with Crippen molar-refractivity contribution in [3.05, 3.63) is 119 Å². The van der Waals surface area contributed by atoms with Crippen molar-refractivity contribution in [3.63, 3.8) is 0 Å². The summed E-state index contributed by atoms with van der Waals surface area (Å²) in [5.41, 5.74) is 6.21. The van der Waals surface area contributed by atoms with Gasteiger partial charge in [-0.3, -0.25) is 14.7 Å². The largest absolute Gasteiger partial charge is 0.447 e. The van der Waals surface area contributed by atoms with E-state index in [9.17, 15) is 4.79 Å². The molecule has 0 atom stereocenters. The first-order valence-corrected chi connectivity index (χ1v) is 11.5. The minimum absolute atomic E-state index is 0.241. The van der Waals surface area contributed by atoms with Gasteiger partial charge in [-0.15, -0.1) is 0 Å². The first kappa shape index (κ1) is 23.4. The molecule has 0 fully saturated rings. The number of aryl methyl sites for hydroxylation is 2. The van der Waals surface area contributed by atoms with E-state index in [-0.39, 0.29) is 5.91 Å². The second-order valence-corrected chi connectivity index (χ2v) is 8.51. The number of oxazole rings is 1. The van der Waals surface area contributed by atoms with Gasteiger partial charge >= 0.3 is 0 Å². The van der Waals surface area contributed by atoms with Crippen molar-refractivity contribution >= 4 is 5.91 Å². The summed E-state index contributed by atoms with van der Waals surface area (Å²) in [5.74, 6) is 0.284. The number of nitrogens with zero attached hydrogens (tertiary/aromatic N) is 3. The highest BCUT2D eigenvalue weighted by molar-refractivity contribution is 5.91. The summed E-state index contributed by atoms with van der Waals surface area (Å²) in [4.78, 5) is 23.6. The van der Waals surface area contributed by atoms with Crippen LogP contribution in [0.1, 0.15) is 44.3 Å². The number of aromatic nitrogens is 2. The standard InChI is InChI=1S/C28H30N4O2/c1-21-11-12-22(2)24(16-21)18-32(17-23-8-4-3-5-9-23)19-27-31-26(20-34-27)28(33)30-15-13-25-10-6-7-14-29-25/h3-12,14,16,20H,13,15,17-19H2,1-2H3,(H,30,33). The lowest BCUT2D eigenvalue weighted by atomic mass is 10.0. The maximum atomic E-state index is 12.5. The molecule has 2 aromatic heterocycles. The zero-order chi connectivity index (χ0) is 23.8. The molecular formula is C28H30N4O2. The molecule has 1 amide bonds. The number of benzene rings is 2. The minimum Gasteiger partial charge on any atom is -0.447 e. The molecule has 4 aromatic rings. The van der Waals surface area contributed by atoms with E-state index in [1.807, 2.05) is 36.4 Å². The van der Waals surface area contributed by atoms with Gasteiger partial charge in [0.05, 0.1) is 6.54 Å². The highest BCUT2D eigenvalue weighted by atomic mass is 16.3. The third kappa shape index (κ3) is 6.62. The van der Waals surface area contributed by atoms with Crippen LogP contribution < -0.4 is 5.32 Å². The molecule has 0 saturated heterocycles. The number of amides is 1. The van der Waals surface area contributed by atoms with Gasteiger partial charge in [0.2, 0.25) is 5.89 Å². The first-order valence-electron chi connectivity index (χ1n) is 11.5. The van der Waals surface area contributed by atoms with Gasteiger partial charge in [0.15, 0.2) is 5.69 Å². The molecule has 0 unspecified atom stereocenters. The molecule has 0 saturated carbocycles. The highest BCUT2D eigenvalue weighted by Gasteiger charge is 2.16. The molecule has 2 heterocycles. The van der Waals surface area contributed by atoms with Crippen molar-refractivity contribution in [2.45, 2.75) is 39.9 Å². The van der Waals surface area contributed by atoms with Crippen LogP contribution in [0.5, 0.6) is 0 Å². The van der Waals surface area contributed by atoms with Gasteiger partial charge in [0.1, 0.15) is 6.26 Å². The quantitative estimate of drug-likeness (QED) is 0.370. The lowest BCUT2D eigenvalue weighted by Gasteiger charge is -2.22. The Morgan fingerprint density at radius 3 is 2.59 bits per heavy atom. The van der Waals surface area contributed by atoms with Gasteiger partial charge in [-0.05, 0) is 42.7 Å². The van der Waals surface area contributed by atoms with Crippen LogP contribution in [-0.4, -0.2) is 27.3 Å². The highest BCUT2D eigenvalue weighted by Crippen LogP contribution is 2.18. The van der Waals surface area contributed by atoms with E-state index >= 15 is 0 Å². The summed E-state index contributed by atoms with van der Waals surface area (Å²) in [6.45, 7) is 6.75. The Hall–Kier alpha value is -3.77. The lowest BCUT2D eigenvalue weighted by molar-refractivity contribution is 0.0949. The maximum Gasteiger partial charge on any atom is 0.273 e. The Morgan fingerprint density at radius 2 is 1.79 bits per heavy atom. The average molecular weight is 455 g/mol. The molecule has 0 aliphatic carbocycles. The van der Waals surface area contributed by atoms with E-state index in [1.54, 1.807) is 6.20 Å². The summed E-state index contributed by atoms with van der Waals surface area (Å²) in [7, 11) is 0. The van der Waals surface area contributed by atoms with Crippen LogP contribution in [0.3, 0.4) is 0 Å². The van der Waals surface area contributed by atoms with Gasteiger partial charge in [-0.25, -0.2) is 4.98 Å². The summed E-state index contributed by atoms with van der Waals surface area (Å²) >= 11 is 0. The van der Waals surface area contributed by atoms with Crippen molar-refractivity contribution in [2.75, 3.05) is 6.54 Å². The third-order valence-corrected chi connectivity index (χ3v) is 5.68. The molecule has 0 spiro atoms. The Bertz CT molecular complexity index is 1210. The van der Waals surface area contributed by atoms with E-state index in [2.05, 4.69) is 64.4 Å². The van der Waals surface area contributed by atoms with Crippen molar-refractivity contribution in [1.82, 2.24) is 20.2 Å². The summed E-state index contributed by atoms with van der Waals surface area (Å²) in [6.07, 6.45) is 3.85. The second kappa shape index (κ2) is 11.4. The van der Waals surface area contributed by atoms with Crippen molar-refractivity contribution in [1.29, 1.82) is 0 Å². The molecule has 34 heavy (non-hydrogen) atoms. The molecule has 0 aliphatic heterocycles. The van der Waals surface area contributed by atoms with E-state index in [0.717, 1.165) is 18.8 Å². The minimum atomic E-state index is -0.241. The Labute approximate surface area is 200 Å². The number of rotatable bonds is 10. The van der Waals surface area contributed by atoms with Gasteiger partial charge in [-0.1, -0.05) is 60.2 Å². The van der Waals surface area contributed by atoms with Crippen LogP contribution in [-0.2, 0) is 26.1 Å². The van der Waals surface area contributed by atoms with E-state index < -0.39 is 0 Å². The predicted molar refractivity (Wildman–Crippen MR) is 132 cm³/mol. The van der Waals surface area contributed by atoms with Crippen molar-refractivity contribution < 1.29 is 9.21 Å². The number of carbonyl (C=O) groups is 1. The molecule has 4 rings (SSSR count). The third-order valence-electron chi connectivity index (χ3n) is 5.68. The summed E-state index contributed by atoms with van der Waals surface area (Å²) in [6, 6.07) is 22.6. The van der Waals surface area contributed by atoms with E-state index in [4.69, 9.17) is 4.42 Å². The van der Waals surface area contributed by atoms with Crippen LogP contribution in [0.15, 0.2) is 83.6 Å². The van der Waals surface area contributed by atoms with Crippen molar-refractivity contribution in [3.8, 4) is 0 Å². The van der Waals surface area contributed by atoms with Crippen LogP contribution in [0.25, 0.3) is 0 Å². The van der Waals surface area contributed by atoms with Gasteiger partial charge < -0.3 is 9.73 Å². The van der Waals surface area contributed by atoms with Crippen LogP contribution >= 0.6 is 0 Å². The molecule has 0 bridgehead atoms. The Morgan fingerprint density at radius 1 is 0.971 bits per heavy atom. The predicted octanol–water partition coefficient (Wildman–Crippen LogP) is 4.86. The van der Waals surface area contributed by atoms with Gasteiger partial charge in [-0.2, -0.15) is 0 Å². The summed E-state index contributed by atoms with van der Waals surface area (Å²) < 4.78 is 5.68. The zero-order valence-electron chi connectivity index (χ0n) is 19.7. The number of hydrogen-bond acceptors (Lipinski definition) is 5. The molecule has 0 aliphatic rings. The molecule has 2 aromatic carbocycles. The van der Waals surface area contributed by atoms with Crippen LogP contribution in [0, 0.1) is 13.8 Å². The Balaban J connectivity index is 1.41. The van der Waals surface area contributed by atoms with E-state index in [0.29, 0.717) is 31.1 Å². The molecular weight excluding hydrogens is 424 g/mol. The van der Waals surface area contributed by atoms with Crippen molar-refractivity contribution in [2.24, 2.45) is 0 Å². The zero-order valence-corrected chi connectivity index (χ0v) is 19.7. The number of pyridine rings is 1. The van der Waals surface area contributed by atoms with E-state index in [1.165, 1.54) is 28.5 Å². The van der Waals surface area contributed by atoms with Gasteiger partial charge in [0, 0.05) is 37.9 Å². The summed E-state index contributed by atoms with van der Waals surface area (Å²) in [5, 5.41) is 2.89. The smallest absolute Gasteiger partial charge is 0.273 e. The average Bonchev–Trinajstić information content (AvgIpc) is 3.31. The molecule has 1 N–H and O–H groups in total. The first-order chi connectivity index (χ1) is 16.6. The lowest BCUT2D eigenvalue weighted by Crippen LogP contribution is -2.26. The second-order valence-electron chi connectivity index (χ2n) is 8.51. The SMILES string of the molecule is Cc1ccc(C)c(CN(Cc2ccccc2)Cc2nc(C(=O)NCCc3ccccn3)co2)c1. The number of nitrogens with one attached hydrogen (secondary N) is 1. The number of carbonyl (C=O) groups excluding carboxylic acids is 1. The fourth-order valence-electron chi connectivity index (χ4n) is 3.84.